The number of hydrogen-bond acceptors (Lipinski definition) is 4. The van der Waals surface area contributed by atoms with Crippen molar-refractivity contribution in [3.05, 3.63) is 54.1 Å². The van der Waals surface area contributed by atoms with Gasteiger partial charge in [-0.2, -0.15) is 0 Å². The Kier molecular flexibility index (Phi) is 9.36. The predicted molar refractivity (Wildman–Crippen MR) is 128 cm³/mol. The van der Waals surface area contributed by atoms with Crippen LogP contribution in [0.5, 0.6) is 5.75 Å². The van der Waals surface area contributed by atoms with Crippen molar-refractivity contribution in [1.82, 2.24) is 10.2 Å². The normalized spacial score (nSPS) is 11.0. The molecule has 0 fully saturated rings. The molecule has 0 amide bonds. The highest BCUT2D eigenvalue weighted by molar-refractivity contribution is 7.17. The molecule has 3 rings (SSSR count). The Morgan fingerprint density at radius 2 is 1.23 bits per heavy atom. The molecular formula is C26H34N2OS. The van der Waals surface area contributed by atoms with Crippen molar-refractivity contribution < 1.29 is 4.74 Å². The minimum atomic E-state index is 0.792. The molecule has 0 aliphatic carbocycles. The van der Waals surface area contributed by atoms with Crippen molar-refractivity contribution in [3.8, 4) is 26.9 Å². The van der Waals surface area contributed by atoms with E-state index in [0.29, 0.717) is 0 Å². The topological polar surface area (TPSA) is 35.0 Å². The molecule has 1 aromatic heterocycles. The molecule has 3 aromatic rings. The first-order valence-electron chi connectivity index (χ1n) is 11.5. The first-order chi connectivity index (χ1) is 14.8. The maximum Gasteiger partial charge on any atom is 0.148 e. The van der Waals surface area contributed by atoms with Gasteiger partial charge in [0.15, 0.2) is 0 Å². The highest BCUT2D eigenvalue weighted by atomic mass is 32.1. The van der Waals surface area contributed by atoms with E-state index in [1.54, 1.807) is 11.3 Å². The minimum absolute atomic E-state index is 0.792. The van der Waals surface area contributed by atoms with Crippen LogP contribution in [0.25, 0.3) is 21.1 Å². The molecule has 30 heavy (non-hydrogen) atoms. The Bertz CT molecular complexity index is 855. The number of benzene rings is 2. The van der Waals surface area contributed by atoms with Crippen molar-refractivity contribution in [3.63, 3.8) is 0 Å². The van der Waals surface area contributed by atoms with E-state index < -0.39 is 0 Å². The fourth-order valence-electron chi connectivity index (χ4n) is 3.44. The molecule has 0 radical (unpaired) electrons. The van der Waals surface area contributed by atoms with Gasteiger partial charge < -0.3 is 4.74 Å². The molecule has 4 heteroatoms. The van der Waals surface area contributed by atoms with Crippen molar-refractivity contribution in [1.29, 1.82) is 0 Å². The van der Waals surface area contributed by atoms with Crippen LogP contribution < -0.4 is 4.74 Å². The fourth-order valence-corrected chi connectivity index (χ4v) is 4.29. The molecule has 0 atom stereocenters. The molecule has 1 heterocycles. The zero-order chi connectivity index (χ0) is 21.0. The Hall–Kier alpha value is -2.20. The van der Waals surface area contributed by atoms with E-state index in [0.717, 1.165) is 46.3 Å². The number of unbranched alkanes of at least 4 members (excludes halogenated alkanes) is 6. The van der Waals surface area contributed by atoms with Crippen molar-refractivity contribution in [2.75, 3.05) is 6.61 Å². The summed E-state index contributed by atoms with van der Waals surface area (Å²) in [6.45, 7) is 5.27. The van der Waals surface area contributed by atoms with Crippen LogP contribution in [-0.4, -0.2) is 16.8 Å². The molecule has 0 saturated heterocycles. The lowest BCUT2D eigenvalue weighted by Gasteiger charge is -2.06. The van der Waals surface area contributed by atoms with Crippen LogP contribution >= 0.6 is 11.3 Å². The predicted octanol–water partition coefficient (Wildman–Crippen LogP) is 7.95. The lowest BCUT2D eigenvalue weighted by molar-refractivity contribution is 0.304. The molecule has 0 unspecified atom stereocenters. The van der Waals surface area contributed by atoms with Crippen LogP contribution in [-0.2, 0) is 6.42 Å². The van der Waals surface area contributed by atoms with Gasteiger partial charge in [0, 0.05) is 11.1 Å². The van der Waals surface area contributed by atoms with E-state index in [2.05, 4.69) is 60.4 Å². The smallest absolute Gasteiger partial charge is 0.148 e. The number of aryl methyl sites for hydroxylation is 1. The summed E-state index contributed by atoms with van der Waals surface area (Å²) in [7, 11) is 0. The second kappa shape index (κ2) is 12.5. The van der Waals surface area contributed by atoms with E-state index in [4.69, 9.17) is 4.74 Å². The lowest BCUT2D eigenvalue weighted by Crippen LogP contribution is -1.97. The second-order valence-corrected chi connectivity index (χ2v) is 8.83. The first kappa shape index (κ1) is 22.5. The Morgan fingerprint density at radius 1 is 0.667 bits per heavy atom. The van der Waals surface area contributed by atoms with Crippen LogP contribution in [0.15, 0.2) is 48.5 Å². The zero-order valence-corrected chi connectivity index (χ0v) is 19.2. The van der Waals surface area contributed by atoms with Crippen LogP contribution in [0, 0.1) is 0 Å². The third kappa shape index (κ3) is 6.94. The highest BCUT2D eigenvalue weighted by Crippen LogP contribution is 2.31. The van der Waals surface area contributed by atoms with E-state index in [1.165, 1.54) is 50.5 Å². The monoisotopic (exact) mass is 422 g/mol. The van der Waals surface area contributed by atoms with Gasteiger partial charge in [-0.1, -0.05) is 88.0 Å². The number of aromatic nitrogens is 2. The molecule has 3 nitrogen and oxygen atoms in total. The molecule has 0 bridgehead atoms. The molecule has 0 aliphatic rings. The van der Waals surface area contributed by atoms with Crippen LogP contribution in [0.3, 0.4) is 0 Å². The number of hydrogen-bond donors (Lipinski definition) is 0. The maximum atomic E-state index is 5.87. The average Bonchev–Trinajstić information content (AvgIpc) is 3.27. The summed E-state index contributed by atoms with van der Waals surface area (Å²) in [5.41, 5.74) is 3.63. The van der Waals surface area contributed by atoms with E-state index in [9.17, 15) is 0 Å². The van der Waals surface area contributed by atoms with Crippen LogP contribution in [0.4, 0.5) is 0 Å². The van der Waals surface area contributed by atoms with Crippen LogP contribution in [0.2, 0.25) is 0 Å². The van der Waals surface area contributed by atoms with Gasteiger partial charge in [-0.15, -0.1) is 10.2 Å². The highest BCUT2D eigenvalue weighted by Gasteiger charge is 2.09. The summed E-state index contributed by atoms with van der Waals surface area (Å²) in [6.07, 6.45) is 11.3. The molecule has 2 aromatic carbocycles. The maximum absolute atomic E-state index is 5.87. The van der Waals surface area contributed by atoms with Gasteiger partial charge in [-0.05, 0) is 49.1 Å². The van der Waals surface area contributed by atoms with Crippen molar-refractivity contribution in [2.45, 2.75) is 71.6 Å². The number of nitrogens with zero attached hydrogens (tertiary/aromatic N) is 2. The fraction of sp³-hybridized carbons (Fsp3) is 0.462. The van der Waals surface area contributed by atoms with Gasteiger partial charge in [-0.25, -0.2) is 0 Å². The number of ether oxygens (including phenoxy) is 1. The third-order valence-corrected chi connectivity index (χ3v) is 6.33. The Morgan fingerprint density at radius 3 is 1.87 bits per heavy atom. The van der Waals surface area contributed by atoms with E-state index in [1.807, 2.05) is 12.1 Å². The summed E-state index contributed by atoms with van der Waals surface area (Å²) in [5, 5.41) is 10.7. The Labute approximate surface area is 185 Å². The third-order valence-electron chi connectivity index (χ3n) is 5.31. The van der Waals surface area contributed by atoms with E-state index >= 15 is 0 Å². The summed E-state index contributed by atoms with van der Waals surface area (Å²) in [4.78, 5) is 0. The largest absolute Gasteiger partial charge is 0.494 e. The molecule has 0 spiro atoms. The minimum Gasteiger partial charge on any atom is -0.494 e. The standard InChI is InChI=1S/C26H34N2OS/c1-3-5-7-8-10-20-29-24-18-16-23(17-19-24)26-28-27-25(30-26)22-14-12-21(13-15-22)11-9-6-4-2/h12-19H,3-11,20H2,1-2H3. The molecule has 0 aliphatic heterocycles. The molecule has 0 N–H and O–H groups in total. The second-order valence-electron chi connectivity index (χ2n) is 7.85. The van der Waals surface area contributed by atoms with Crippen molar-refractivity contribution >= 4 is 11.3 Å². The Balaban J connectivity index is 1.53. The van der Waals surface area contributed by atoms with Gasteiger partial charge in [0.25, 0.3) is 0 Å². The zero-order valence-electron chi connectivity index (χ0n) is 18.4. The number of rotatable bonds is 13. The quantitative estimate of drug-likeness (QED) is 0.262. The first-order valence-corrected chi connectivity index (χ1v) is 12.3. The van der Waals surface area contributed by atoms with Gasteiger partial charge in [0.05, 0.1) is 6.61 Å². The summed E-state index contributed by atoms with van der Waals surface area (Å²) in [6, 6.07) is 17.0. The molecule has 0 saturated carbocycles. The molecule has 160 valence electrons. The van der Waals surface area contributed by atoms with Gasteiger partial charge in [-0.3, -0.25) is 0 Å². The van der Waals surface area contributed by atoms with Crippen LogP contribution in [0.1, 0.15) is 70.8 Å². The van der Waals surface area contributed by atoms with Gasteiger partial charge >= 0.3 is 0 Å². The van der Waals surface area contributed by atoms with Crippen molar-refractivity contribution in [2.24, 2.45) is 0 Å². The summed E-state index contributed by atoms with van der Waals surface area (Å²) in [5.74, 6) is 0.928. The van der Waals surface area contributed by atoms with Gasteiger partial charge in [0.1, 0.15) is 15.8 Å². The lowest BCUT2D eigenvalue weighted by atomic mass is 10.1. The average molecular weight is 423 g/mol. The van der Waals surface area contributed by atoms with Gasteiger partial charge in [0.2, 0.25) is 0 Å². The summed E-state index contributed by atoms with van der Waals surface area (Å²) < 4.78 is 5.87. The SMILES string of the molecule is CCCCCCCOc1ccc(-c2nnc(-c3ccc(CCCCC)cc3)s2)cc1. The van der Waals surface area contributed by atoms with E-state index in [-0.39, 0.29) is 0 Å². The molecular weight excluding hydrogens is 388 g/mol. The summed E-state index contributed by atoms with van der Waals surface area (Å²) >= 11 is 1.64.